The normalized spacial score (nSPS) is 13.8. The van der Waals surface area contributed by atoms with E-state index < -0.39 is 0 Å². The number of carbonyl (C=O) groups excluding carboxylic acids is 1. The van der Waals surface area contributed by atoms with Crippen LogP contribution < -0.4 is 24.3 Å². The van der Waals surface area contributed by atoms with E-state index in [4.69, 9.17) is 23.9 Å². The highest BCUT2D eigenvalue weighted by Gasteiger charge is 2.19. The Morgan fingerprint density at radius 1 is 0.781 bits per heavy atom. The van der Waals surface area contributed by atoms with Gasteiger partial charge < -0.3 is 24.3 Å². The van der Waals surface area contributed by atoms with Crippen LogP contribution in [0, 0.1) is 0 Å². The van der Waals surface area contributed by atoms with Crippen molar-refractivity contribution in [3.63, 3.8) is 0 Å². The van der Waals surface area contributed by atoms with Gasteiger partial charge in [-0.3, -0.25) is 4.79 Å². The molecular formula is C25H18N2O5. The Morgan fingerprint density at radius 2 is 1.53 bits per heavy atom. The minimum absolute atomic E-state index is 0.202. The molecule has 158 valence electrons. The topological polar surface area (TPSA) is 78.9 Å². The number of carbonyl (C=O) groups is 1. The summed E-state index contributed by atoms with van der Waals surface area (Å²) in [6, 6.07) is 20.4. The largest absolute Gasteiger partial charge is 0.486 e. The lowest BCUT2D eigenvalue weighted by Crippen LogP contribution is -2.16. The number of rotatable bonds is 3. The maximum Gasteiger partial charge on any atom is 0.256 e. The van der Waals surface area contributed by atoms with Crippen LogP contribution in [0.4, 0.5) is 5.69 Å². The van der Waals surface area contributed by atoms with Crippen molar-refractivity contribution in [2.24, 2.45) is 0 Å². The molecule has 0 spiro atoms. The number of nitrogens with one attached hydrogen (secondary N) is 1. The molecule has 7 nitrogen and oxygen atoms in total. The lowest BCUT2D eigenvalue weighted by molar-refractivity contribution is 0.102. The van der Waals surface area contributed by atoms with Gasteiger partial charge in [-0.15, -0.1) is 0 Å². The van der Waals surface area contributed by atoms with Crippen molar-refractivity contribution in [2.45, 2.75) is 0 Å². The van der Waals surface area contributed by atoms with Crippen molar-refractivity contribution < 1.29 is 23.7 Å². The molecule has 0 saturated heterocycles. The molecule has 4 aromatic rings. The Labute approximate surface area is 183 Å². The SMILES string of the molecule is O=C(Nc1ccc2c(c1)OCCO2)c1cc(-c2ccc3c(c2)OCO3)nc2ccccc12. The highest BCUT2D eigenvalue weighted by Crippen LogP contribution is 2.37. The van der Waals surface area contributed by atoms with Gasteiger partial charge in [0.1, 0.15) is 13.2 Å². The number of anilines is 1. The summed E-state index contributed by atoms with van der Waals surface area (Å²) < 4.78 is 22.1. The van der Waals surface area contributed by atoms with Crippen LogP contribution in [0.2, 0.25) is 0 Å². The lowest BCUT2D eigenvalue weighted by atomic mass is 10.0. The van der Waals surface area contributed by atoms with Crippen molar-refractivity contribution in [2.75, 3.05) is 25.3 Å². The molecule has 0 saturated carbocycles. The predicted octanol–water partition coefficient (Wildman–Crippen LogP) is 4.65. The van der Waals surface area contributed by atoms with Gasteiger partial charge >= 0.3 is 0 Å². The standard InChI is InChI=1S/C25H18N2O5/c28-25(26-16-6-8-21-24(12-16)30-10-9-29-21)18-13-20(27-19-4-2-1-3-17(18)19)15-5-7-22-23(11-15)32-14-31-22/h1-8,11-13H,9-10,14H2,(H,26,28). The fourth-order valence-electron chi connectivity index (χ4n) is 3.89. The van der Waals surface area contributed by atoms with Crippen LogP contribution in [0.1, 0.15) is 10.4 Å². The summed E-state index contributed by atoms with van der Waals surface area (Å²) in [7, 11) is 0. The van der Waals surface area contributed by atoms with Gasteiger partial charge in [0.15, 0.2) is 23.0 Å². The van der Waals surface area contributed by atoms with Crippen molar-refractivity contribution in [1.29, 1.82) is 0 Å². The fraction of sp³-hybridized carbons (Fsp3) is 0.120. The van der Waals surface area contributed by atoms with Crippen LogP contribution in [-0.2, 0) is 0 Å². The van der Waals surface area contributed by atoms with Gasteiger partial charge in [-0.25, -0.2) is 4.98 Å². The van der Waals surface area contributed by atoms with E-state index in [9.17, 15) is 4.79 Å². The van der Waals surface area contributed by atoms with Crippen molar-refractivity contribution in [3.8, 4) is 34.3 Å². The first kappa shape index (κ1) is 18.5. The van der Waals surface area contributed by atoms with Gasteiger partial charge in [-0.2, -0.15) is 0 Å². The predicted molar refractivity (Wildman–Crippen MR) is 119 cm³/mol. The summed E-state index contributed by atoms with van der Waals surface area (Å²) >= 11 is 0. The maximum absolute atomic E-state index is 13.3. The number of pyridine rings is 1. The molecule has 0 bridgehead atoms. The Kier molecular flexibility index (Phi) is 4.31. The number of hydrogen-bond donors (Lipinski definition) is 1. The van der Waals surface area contributed by atoms with E-state index in [1.165, 1.54) is 0 Å². The molecule has 0 unspecified atom stereocenters. The number of amides is 1. The van der Waals surface area contributed by atoms with E-state index in [-0.39, 0.29) is 12.7 Å². The van der Waals surface area contributed by atoms with Crippen molar-refractivity contribution in [3.05, 3.63) is 72.3 Å². The third-order valence-corrected chi connectivity index (χ3v) is 5.43. The minimum atomic E-state index is -0.234. The van der Waals surface area contributed by atoms with Crippen LogP contribution in [0.15, 0.2) is 66.7 Å². The second-order valence-corrected chi connectivity index (χ2v) is 7.45. The lowest BCUT2D eigenvalue weighted by Gasteiger charge is -2.19. The molecule has 0 atom stereocenters. The average Bonchev–Trinajstić information content (AvgIpc) is 3.31. The van der Waals surface area contributed by atoms with Gasteiger partial charge in [-0.05, 0) is 42.5 Å². The highest BCUT2D eigenvalue weighted by atomic mass is 16.7. The fourth-order valence-corrected chi connectivity index (χ4v) is 3.89. The molecule has 32 heavy (non-hydrogen) atoms. The molecular weight excluding hydrogens is 408 g/mol. The molecule has 0 aliphatic carbocycles. The van der Waals surface area contributed by atoms with E-state index >= 15 is 0 Å². The van der Waals surface area contributed by atoms with Crippen LogP contribution in [0.25, 0.3) is 22.2 Å². The molecule has 2 aliphatic rings. The molecule has 1 aromatic heterocycles. The third-order valence-electron chi connectivity index (χ3n) is 5.43. The summed E-state index contributed by atoms with van der Waals surface area (Å²) in [5.41, 5.74) is 3.40. The number of hydrogen-bond acceptors (Lipinski definition) is 6. The number of para-hydroxylation sites is 1. The van der Waals surface area contributed by atoms with Gasteiger partial charge in [0.2, 0.25) is 6.79 Å². The van der Waals surface area contributed by atoms with Gasteiger partial charge in [0.05, 0.1) is 16.8 Å². The second-order valence-electron chi connectivity index (χ2n) is 7.45. The highest BCUT2D eigenvalue weighted by molar-refractivity contribution is 6.13. The summed E-state index contributed by atoms with van der Waals surface area (Å²) in [4.78, 5) is 18.1. The minimum Gasteiger partial charge on any atom is -0.486 e. The first-order valence-corrected chi connectivity index (χ1v) is 10.3. The Bertz CT molecular complexity index is 1370. The molecule has 3 heterocycles. The van der Waals surface area contributed by atoms with E-state index in [1.54, 1.807) is 24.3 Å². The van der Waals surface area contributed by atoms with E-state index in [1.807, 2.05) is 42.5 Å². The van der Waals surface area contributed by atoms with Crippen LogP contribution in [0.5, 0.6) is 23.0 Å². The monoisotopic (exact) mass is 426 g/mol. The second kappa shape index (κ2) is 7.46. The zero-order valence-electron chi connectivity index (χ0n) is 17.0. The molecule has 3 aromatic carbocycles. The van der Waals surface area contributed by atoms with Crippen molar-refractivity contribution >= 4 is 22.5 Å². The Morgan fingerprint density at radius 3 is 2.47 bits per heavy atom. The van der Waals surface area contributed by atoms with E-state index in [2.05, 4.69) is 5.32 Å². The number of fused-ring (bicyclic) bond motifs is 3. The first-order valence-electron chi connectivity index (χ1n) is 10.3. The molecule has 0 fully saturated rings. The molecule has 6 rings (SSSR count). The van der Waals surface area contributed by atoms with E-state index in [0.717, 1.165) is 16.5 Å². The molecule has 0 radical (unpaired) electrons. The molecule has 1 N–H and O–H groups in total. The number of benzene rings is 3. The Balaban J connectivity index is 1.39. The summed E-state index contributed by atoms with van der Waals surface area (Å²) in [6.45, 7) is 1.20. The smallest absolute Gasteiger partial charge is 0.256 e. The number of aromatic nitrogens is 1. The Hall–Kier alpha value is -4.26. The van der Waals surface area contributed by atoms with Gasteiger partial charge in [0, 0.05) is 22.7 Å². The van der Waals surface area contributed by atoms with Crippen molar-refractivity contribution in [1.82, 2.24) is 4.98 Å². The summed E-state index contributed by atoms with van der Waals surface area (Å²) in [5, 5.41) is 3.74. The van der Waals surface area contributed by atoms with Gasteiger partial charge in [0.25, 0.3) is 5.91 Å². The van der Waals surface area contributed by atoms with Crippen LogP contribution >= 0.6 is 0 Å². The quantitative estimate of drug-likeness (QED) is 0.514. The zero-order chi connectivity index (χ0) is 21.5. The van der Waals surface area contributed by atoms with E-state index in [0.29, 0.717) is 53.2 Å². The maximum atomic E-state index is 13.3. The summed E-state index contributed by atoms with van der Waals surface area (Å²) in [6.07, 6.45) is 0. The van der Waals surface area contributed by atoms with Gasteiger partial charge in [-0.1, -0.05) is 18.2 Å². The zero-order valence-corrected chi connectivity index (χ0v) is 17.0. The summed E-state index contributed by atoms with van der Waals surface area (Å²) in [5.74, 6) is 2.43. The molecule has 1 amide bonds. The third kappa shape index (κ3) is 3.24. The number of nitrogens with zero attached hydrogens (tertiary/aromatic N) is 1. The molecule has 7 heteroatoms. The van der Waals surface area contributed by atoms with Crippen LogP contribution in [0.3, 0.4) is 0 Å². The average molecular weight is 426 g/mol. The molecule has 2 aliphatic heterocycles. The van der Waals surface area contributed by atoms with Crippen LogP contribution in [-0.4, -0.2) is 30.9 Å². The number of ether oxygens (including phenoxy) is 4. The first-order chi connectivity index (χ1) is 15.7.